The van der Waals surface area contributed by atoms with Crippen LogP contribution in [0.3, 0.4) is 0 Å². The van der Waals surface area contributed by atoms with Crippen molar-refractivity contribution in [3.05, 3.63) is 54.0 Å². The second-order valence-corrected chi connectivity index (χ2v) is 8.76. The van der Waals surface area contributed by atoms with E-state index >= 15 is 0 Å². The average Bonchev–Trinajstić information content (AvgIpc) is 3.40. The van der Waals surface area contributed by atoms with E-state index in [-0.39, 0.29) is 37.4 Å². The fourth-order valence-electron chi connectivity index (χ4n) is 4.33. The summed E-state index contributed by atoms with van der Waals surface area (Å²) in [6.45, 7) is 1.37. The number of carbonyl (C=O) groups is 4. The molecule has 0 aliphatic carbocycles. The first-order valence-corrected chi connectivity index (χ1v) is 11.8. The Labute approximate surface area is 215 Å². The van der Waals surface area contributed by atoms with E-state index in [1.807, 2.05) is 43.4 Å². The number of fused-ring (bicyclic) bond motifs is 1. The zero-order valence-electron chi connectivity index (χ0n) is 21.2. The number of ether oxygens (including phenoxy) is 1. The Morgan fingerprint density at radius 3 is 2.54 bits per heavy atom. The number of nitrogens with zero attached hydrogens (tertiary/aromatic N) is 4. The number of carbonyl (C=O) groups excluding carboxylic acids is 3. The lowest BCUT2D eigenvalue weighted by atomic mass is 10.0. The van der Waals surface area contributed by atoms with E-state index in [4.69, 9.17) is 14.3 Å². The van der Waals surface area contributed by atoms with Crippen LogP contribution >= 0.6 is 0 Å². The molecule has 2 fully saturated rings. The van der Waals surface area contributed by atoms with Gasteiger partial charge in [-0.25, -0.2) is 10.0 Å². The van der Waals surface area contributed by atoms with Gasteiger partial charge in [-0.2, -0.15) is 0 Å². The highest BCUT2D eigenvalue weighted by molar-refractivity contribution is 5.90. The Balaban J connectivity index is 0.000000266. The summed E-state index contributed by atoms with van der Waals surface area (Å²) in [5.41, 5.74) is 1.06. The third kappa shape index (κ3) is 7.08. The van der Waals surface area contributed by atoms with Crippen molar-refractivity contribution >= 4 is 24.2 Å². The van der Waals surface area contributed by atoms with Gasteiger partial charge in [-0.3, -0.25) is 19.2 Å². The van der Waals surface area contributed by atoms with Gasteiger partial charge in [0.1, 0.15) is 23.7 Å². The van der Waals surface area contributed by atoms with Crippen molar-refractivity contribution in [3.63, 3.8) is 0 Å². The molecule has 3 heterocycles. The monoisotopic (exact) mass is 515 g/mol. The third-order valence-electron chi connectivity index (χ3n) is 6.37. The lowest BCUT2D eigenvalue weighted by molar-refractivity contribution is -0.194. The van der Waals surface area contributed by atoms with E-state index in [0.717, 1.165) is 11.3 Å². The van der Waals surface area contributed by atoms with Crippen molar-refractivity contribution in [2.75, 3.05) is 34.3 Å². The Morgan fingerprint density at radius 2 is 1.95 bits per heavy atom. The Hall–Kier alpha value is -3.90. The second-order valence-electron chi connectivity index (χ2n) is 8.76. The normalized spacial score (nSPS) is 20.1. The topological polar surface area (TPSA) is 136 Å². The van der Waals surface area contributed by atoms with Gasteiger partial charge in [0.25, 0.3) is 0 Å². The van der Waals surface area contributed by atoms with Crippen molar-refractivity contribution in [2.24, 2.45) is 0 Å². The number of piperazine rings is 1. The molecule has 2 N–H and O–H groups in total. The Kier molecular flexibility index (Phi) is 9.64. The van der Waals surface area contributed by atoms with Gasteiger partial charge >= 0.3 is 5.97 Å². The van der Waals surface area contributed by atoms with Crippen molar-refractivity contribution in [2.45, 2.75) is 38.1 Å². The molecule has 2 atom stereocenters. The summed E-state index contributed by atoms with van der Waals surface area (Å²) in [6.07, 6.45) is 1.84. The van der Waals surface area contributed by atoms with Gasteiger partial charge in [-0.05, 0) is 36.2 Å². The highest BCUT2D eigenvalue weighted by Crippen LogP contribution is 2.27. The Morgan fingerprint density at radius 1 is 1.22 bits per heavy atom. The third-order valence-corrected chi connectivity index (χ3v) is 6.37. The maximum atomic E-state index is 12.9. The molecular formula is C25H33N5O7. The van der Waals surface area contributed by atoms with E-state index in [1.54, 1.807) is 40.3 Å². The predicted octanol–water partition coefficient (Wildman–Crippen LogP) is 0.743. The molecule has 37 heavy (non-hydrogen) atoms. The van der Waals surface area contributed by atoms with Crippen molar-refractivity contribution < 1.29 is 33.4 Å². The molecule has 1 aromatic carbocycles. The number of rotatable bonds is 9. The van der Waals surface area contributed by atoms with Gasteiger partial charge in [0, 0.05) is 27.1 Å². The SMILES string of the molecule is CN1CC(=O)N2C(CCC(=O)O)C(=O)N(Cc3ccco3)C[C@@H]2N1C.COc1ccc(CNC=O)cc1. The van der Waals surface area contributed by atoms with Gasteiger partial charge in [0.2, 0.25) is 18.2 Å². The number of nitrogens with one attached hydrogen (secondary N) is 1. The summed E-state index contributed by atoms with van der Waals surface area (Å²) < 4.78 is 10.3. The number of benzene rings is 1. The molecule has 1 aromatic heterocycles. The number of hydrazine groups is 1. The molecule has 1 unspecified atom stereocenters. The maximum absolute atomic E-state index is 12.9. The van der Waals surface area contributed by atoms with Gasteiger partial charge in [0.15, 0.2) is 0 Å². The minimum atomic E-state index is -0.984. The van der Waals surface area contributed by atoms with Crippen LogP contribution in [0.15, 0.2) is 47.1 Å². The number of likely N-dealkylation sites (N-methyl/N-ethyl adjacent to an activating group) is 2. The number of hydrogen-bond donors (Lipinski definition) is 2. The standard InChI is InChI=1S/C16H22N4O5.C9H11NO2/c1-17-10-14(21)20-12(5-6-15(22)23)16(24)19(9-13(20)18(17)2)8-11-4-3-7-25-11;1-12-9-4-2-8(3-5-9)6-10-7-11/h3-4,7,12-13H,5-6,8-10H2,1-2H3,(H,22,23);2-5,7H,6H2,1H3,(H,10,11)/t12?,13-;/m1./s1. The largest absolute Gasteiger partial charge is 0.497 e. The molecule has 0 radical (unpaired) electrons. The van der Waals surface area contributed by atoms with E-state index in [9.17, 15) is 19.2 Å². The number of hydrogen-bond acceptors (Lipinski definition) is 8. The fraction of sp³-hybridized carbons (Fsp3) is 0.440. The molecule has 0 bridgehead atoms. The van der Waals surface area contributed by atoms with E-state index in [0.29, 0.717) is 31.8 Å². The first kappa shape index (κ1) is 27.7. The molecule has 3 amide bonds. The average molecular weight is 516 g/mol. The predicted molar refractivity (Wildman–Crippen MR) is 132 cm³/mol. The molecule has 2 aliphatic rings. The molecule has 200 valence electrons. The summed E-state index contributed by atoms with van der Waals surface area (Å²) >= 11 is 0. The number of carboxylic acids is 1. The lowest BCUT2D eigenvalue weighted by Gasteiger charge is -2.53. The minimum Gasteiger partial charge on any atom is -0.497 e. The Bertz CT molecular complexity index is 1060. The zero-order valence-corrected chi connectivity index (χ0v) is 21.2. The number of aliphatic carboxylic acids is 1. The van der Waals surface area contributed by atoms with Crippen molar-refractivity contribution in [1.82, 2.24) is 25.1 Å². The molecule has 2 aliphatic heterocycles. The van der Waals surface area contributed by atoms with Crippen LogP contribution in [0.1, 0.15) is 24.2 Å². The zero-order chi connectivity index (χ0) is 26.9. The van der Waals surface area contributed by atoms with E-state index in [1.165, 1.54) is 0 Å². The number of methoxy groups -OCH3 is 1. The second kappa shape index (κ2) is 12.9. The van der Waals surface area contributed by atoms with Gasteiger partial charge in [-0.1, -0.05) is 12.1 Å². The van der Waals surface area contributed by atoms with Crippen molar-refractivity contribution in [3.8, 4) is 5.75 Å². The number of furan rings is 1. The smallest absolute Gasteiger partial charge is 0.303 e. The highest BCUT2D eigenvalue weighted by Gasteiger charge is 2.48. The van der Waals surface area contributed by atoms with Crippen molar-refractivity contribution in [1.29, 1.82) is 0 Å². The molecule has 2 aromatic rings. The molecule has 0 spiro atoms. The summed E-state index contributed by atoms with van der Waals surface area (Å²) in [5.74, 6) is 0.0939. The summed E-state index contributed by atoms with van der Waals surface area (Å²) in [7, 11) is 5.30. The molecular weight excluding hydrogens is 482 g/mol. The van der Waals surface area contributed by atoms with E-state index < -0.39 is 12.0 Å². The summed E-state index contributed by atoms with van der Waals surface area (Å²) in [5, 5.41) is 15.3. The van der Waals surface area contributed by atoms with Gasteiger partial charge in [0.05, 0.1) is 33.0 Å². The number of carboxylic acid groups (broad SMARTS) is 1. The van der Waals surface area contributed by atoms with Crippen LogP contribution < -0.4 is 10.1 Å². The molecule has 12 nitrogen and oxygen atoms in total. The molecule has 2 saturated heterocycles. The lowest BCUT2D eigenvalue weighted by Crippen LogP contribution is -2.73. The first-order valence-electron chi connectivity index (χ1n) is 11.8. The highest BCUT2D eigenvalue weighted by atomic mass is 16.5. The number of amides is 3. The van der Waals surface area contributed by atoms with Crippen LogP contribution in [0.25, 0.3) is 0 Å². The molecule has 4 rings (SSSR count). The molecule has 12 heteroatoms. The quantitative estimate of drug-likeness (QED) is 0.464. The fourth-order valence-corrected chi connectivity index (χ4v) is 4.33. The van der Waals surface area contributed by atoms with Crippen LogP contribution in [0.2, 0.25) is 0 Å². The maximum Gasteiger partial charge on any atom is 0.303 e. The van der Waals surface area contributed by atoms with Crippen LogP contribution in [0.5, 0.6) is 5.75 Å². The molecule has 0 saturated carbocycles. The van der Waals surface area contributed by atoms with Crippen LogP contribution in [0.4, 0.5) is 0 Å². The summed E-state index contributed by atoms with van der Waals surface area (Å²) in [4.78, 5) is 49.6. The van der Waals surface area contributed by atoms with Crippen LogP contribution in [0, 0.1) is 0 Å². The van der Waals surface area contributed by atoms with Gasteiger partial charge < -0.3 is 29.4 Å². The summed E-state index contributed by atoms with van der Waals surface area (Å²) in [6, 6.07) is 10.3. The van der Waals surface area contributed by atoms with E-state index in [2.05, 4.69) is 5.32 Å². The van der Waals surface area contributed by atoms with Gasteiger partial charge in [-0.15, -0.1) is 0 Å². The minimum absolute atomic E-state index is 0.0998. The van der Waals surface area contributed by atoms with Crippen LogP contribution in [-0.2, 0) is 32.3 Å². The first-order chi connectivity index (χ1) is 17.7. The van der Waals surface area contributed by atoms with Crippen LogP contribution in [-0.4, -0.2) is 95.6 Å².